The molecule has 0 aromatic heterocycles. The van der Waals surface area contributed by atoms with Crippen LogP contribution >= 0.6 is 0 Å². The maximum absolute atomic E-state index is 10.1. The van der Waals surface area contributed by atoms with Crippen molar-refractivity contribution in [3.8, 4) is 0 Å². The van der Waals surface area contributed by atoms with E-state index in [1.165, 1.54) is 0 Å². The Morgan fingerprint density at radius 1 is 0.947 bits per heavy atom. The third-order valence-corrected chi connectivity index (χ3v) is 4.83. The second-order valence-electron chi connectivity index (χ2n) is 5.85. The normalized spacial score (nSPS) is 18.3. The molecule has 0 aliphatic heterocycles. The van der Waals surface area contributed by atoms with Crippen LogP contribution in [0.2, 0.25) is 0 Å². The molecule has 0 amide bonds. The molecule has 0 bridgehead atoms. The fourth-order valence-corrected chi connectivity index (χ4v) is 3.44. The van der Waals surface area contributed by atoms with Gasteiger partial charge in [-0.2, -0.15) is 0 Å². The Hall–Kier alpha value is -0.120. The lowest BCUT2D eigenvalue weighted by Gasteiger charge is -2.42. The van der Waals surface area contributed by atoms with Crippen molar-refractivity contribution in [2.45, 2.75) is 84.8 Å². The molecular weight excluding hydrogens is 240 g/mol. The van der Waals surface area contributed by atoms with Gasteiger partial charge in [0.05, 0.1) is 12.7 Å². The number of rotatable bonds is 11. The second kappa shape index (κ2) is 9.73. The Kier molecular flexibility index (Phi) is 9.67. The van der Waals surface area contributed by atoms with E-state index in [1.54, 1.807) is 0 Å². The number of unbranched alkanes of at least 4 members (excludes halogenated alkanes) is 1. The van der Waals surface area contributed by atoms with Crippen molar-refractivity contribution in [1.82, 2.24) is 0 Å². The topological polar surface area (TPSA) is 60.7 Å². The minimum atomic E-state index is -1.01. The van der Waals surface area contributed by atoms with Crippen molar-refractivity contribution < 1.29 is 15.3 Å². The Balaban J connectivity index is 4.99. The molecule has 3 atom stereocenters. The van der Waals surface area contributed by atoms with Gasteiger partial charge in [0.1, 0.15) is 6.10 Å². The summed E-state index contributed by atoms with van der Waals surface area (Å²) in [6.45, 7) is 8.43. The number of hydrogen-bond donors (Lipinski definition) is 3. The Bertz CT molecular complexity index is 216. The summed E-state index contributed by atoms with van der Waals surface area (Å²) in [5, 5.41) is 28.7. The zero-order valence-corrected chi connectivity index (χ0v) is 13.2. The highest BCUT2D eigenvalue weighted by Gasteiger charge is 2.37. The first-order valence-corrected chi connectivity index (χ1v) is 7.98. The first-order valence-electron chi connectivity index (χ1n) is 7.98. The fourth-order valence-electron chi connectivity index (χ4n) is 3.44. The molecule has 116 valence electrons. The summed E-state index contributed by atoms with van der Waals surface area (Å²) < 4.78 is 0. The summed E-state index contributed by atoms with van der Waals surface area (Å²) in [5.74, 6) is 0.574. The lowest BCUT2D eigenvalue weighted by atomic mass is 9.64. The molecule has 0 aromatic rings. The SMILES string of the molecule is CCCCC(CC)(C[C@H](O)[C@H](O)CO)C(CC)CC. The van der Waals surface area contributed by atoms with E-state index in [4.69, 9.17) is 5.11 Å². The lowest BCUT2D eigenvalue weighted by molar-refractivity contribution is -0.0528. The molecular formula is C16H34O3. The highest BCUT2D eigenvalue weighted by Crippen LogP contribution is 2.45. The fraction of sp³-hybridized carbons (Fsp3) is 1.00. The van der Waals surface area contributed by atoms with Crippen molar-refractivity contribution in [2.75, 3.05) is 6.61 Å². The maximum Gasteiger partial charge on any atom is 0.103 e. The number of aliphatic hydroxyl groups excluding tert-OH is 3. The van der Waals surface area contributed by atoms with Crippen LogP contribution in [0.4, 0.5) is 0 Å². The molecule has 0 aliphatic carbocycles. The second-order valence-corrected chi connectivity index (χ2v) is 5.85. The van der Waals surface area contributed by atoms with E-state index in [2.05, 4.69) is 27.7 Å². The van der Waals surface area contributed by atoms with Gasteiger partial charge in [0, 0.05) is 0 Å². The van der Waals surface area contributed by atoms with Gasteiger partial charge in [-0.1, -0.05) is 59.8 Å². The van der Waals surface area contributed by atoms with Gasteiger partial charge in [-0.15, -0.1) is 0 Å². The molecule has 0 fully saturated rings. The summed E-state index contributed by atoms with van der Waals surface area (Å²) in [6, 6.07) is 0. The standard InChI is InChI=1S/C16H34O3/c1-5-9-10-16(8-4,13(6-2)7-3)11-14(18)15(19)12-17/h13-15,17-19H,5-12H2,1-4H3/t14-,15+,16?/m0/s1. The van der Waals surface area contributed by atoms with Gasteiger partial charge >= 0.3 is 0 Å². The van der Waals surface area contributed by atoms with Crippen LogP contribution in [0.5, 0.6) is 0 Å². The van der Waals surface area contributed by atoms with E-state index in [-0.39, 0.29) is 12.0 Å². The van der Waals surface area contributed by atoms with Crippen molar-refractivity contribution in [2.24, 2.45) is 11.3 Å². The first-order chi connectivity index (χ1) is 9.01. The van der Waals surface area contributed by atoms with E-state index in [1.807, 2.05) is 0 Å². The van der Waals surface area contributed by atoms with E-state index in [9.17, 15) is 10.2 Å². The average molecular weight is 274 g/mol. The van der Waals surface area contributed by atoms with Crippen LogP contribution in [-0.4, -0.2) is 34.1 Å². The predicted octanol–water partition coefficient (Wildman–Crippen LogP) is 3.11. The summed E-state index contributed by atoms with van der Waals surface area (Å²) >= 11 is 0. The van der Waals surface area contributed by atoms with Crippen LogP contribution in [0.3, 0.4) is 0 Å². The molecule has 19 heavy (non-hydrogen) atoms. The Morgan fingerprint density at radius 3 is 1.89 bits per heavy atom. The van der Waals surface area contributed by atoms with Crippen molar-refractivity contribution >= 4 is 0 Å². The van der Waals surface area contributed by atoms with E-state index < -0.39 is 12.2 Å². The molecule has 0 aliphatic rings. The number of hydrogen-bond acceptors (Lipinski definition) is 3. The van der Waals surface area contributed by atoms with Crippen LogP contribution < -0.4 is 0 Å². The summed E-state index contributed by atoms with van der Waals surface area (Å²) in [6.07, 6.45) is 5.41. The van der Waals surface area contributed by atoms with E-state index in [0.717, 1.165) is 38.5 Å². The van der Waals surface area contributed by atoms with Gasteiger partial charge in [0.2, 0.25) is 0 Å². The molecule has 3 heteroatoms. The molecule has 1 unspecified atom stereocenters. The minimum absolute atomic E-state index is 0.0923. The minimum Gasteiger partial charge on any atom is -0.394 e. The average Bonchev–Trinajstić information content (AvgIpc) is 2.44. The van der Waals surface area contributed by atoms with Crippen LogP contribution in [-0.2, 0) is 0 Å². The molecule has 0 aromatic carbocycles. The zero-order valence-electron chi connectivity index (χ0n) is 13.2. The summed E-state index contributed by atoms with van der Waals surface area (Å²) in [7, 11) is 0. The van der Waals surface area contributed by atoms with Crippen LogP contribution in [0, 0.1) is 11.3 Å². The highest BCUT2D eigenvalue weighted by molar-refractivity contribution is 4.88. The van der Waals surface area contributed by atoms with Gasteiger partial charge < -0.3 is 15.3 Å². The van der Waals surface area contributed by atoms with Gasteiger partial charge in [-0.3, -0.25) is 0 Å². The lowest BCUT2D eigenvalue weighted by Crippen LogP contribution is -2.39. The molecule has 3 nitrogen and oxygen atoms in total. The quantitative estimate of drug-likeness (QED) is 0.542. The van der Waals surface area contributed by atoms with Gasteiger partial charge in [-0.05, 0) is 24.2 Å². The monoisotopic (exact) mass is 274 g/mol. The van der Waals surface area contributed by atoms with Crippen molar-refractivity contribution in [3.63, 3.8) is 0 Å². The van der Waals surface area contributed by atoms with Gasteiger partial charge in [-0.25, -0.2) is 0 Å². The summed E-state index contributed by atoms with van der Waals surface area (Å²) in [4.78, 5) is 0. The summed E-state index contributed by atoms with van der Waals surface area (Å²) in [5.41, 5.74) is 0.0923. The van der Waals surface area contributed by atoms with Crippen LogP contribution in [0.15, 0.2) is 0 Å². The van der Waals surface area contributed by atoms with E-state index in [0.29, 0.717) is 12.3 Å². The molecule has 0 saturated heterocycles. The highest BCUT2D eigenvalue weighted by atomic mass is 16.4. The van der Waals surface area contributed by atoms with E-state index >= 15 is 0 Å². The van der Waals surface area contributed by atoms with Gasteiger partial charge in [0.15, 0.2) is 0 Å². The smallest absolute Gasteiger partial charge is 0.103 e. The molecule has 0 spiro atoms. The van der Waals surface area contributed by atoms with Crippen molar-refractivity contribution in [1.29, 1.82) is 0 Å². The molecule has 0 rings (SSSR count). The zero-order chi connectivity index (χ0) is 14.9. The van der Waals surface area contributed by atoms with Gasteiger partial charge in [0.25, 0.3) is 0 Å². The Labute approximate surface area is 119 Å². The predicted molar refractivity (Wildman–Crippen MR) is 80.0 cm³/mol. The Morgan fingerprint density at radius 2 is 1.53 bits per heavy atom. The molecule has 3 N–H and O–H groups in total. The maximum atomic E-state index is 10.1. The third kappa shape index (κ3) is 5.41. The third-order valence-electron chi connectivity index (χ3n) is 4.83. The first kappa shape index (κ1) is 18.9. The van der Waals surface area contributed by atoms with Crippen LogP contribution in [0.25, 0.3) is 0 Å². The molecule has 0 saturated carbocycles. The van der Waals surface area contributed by atoms with Crippen LogP contribution in [0.1, 0.15) is 72.6 Å². The molecule has 0 radical (unpaired) electrons. The molecule has 0 heterocycles. The number of aliphatic hydroxyl groups is 3. The largest absolute Gasteiger partial charge is 0.394 e. The van der Waals surface area contributed by atoms with Crippen molar-refractivity contribution in [3.05, 3.63) is 0 Å².